The van der Waals surface area contributed by atoms with Crippen LogP contribution in [0.5, 0.6) is 0 Å². The maximum Gasteiger partial charge on any atom is 0.417 e. The van der Waals surface area contributed by atoms with E-state index in [1.807, 2.05) is 0 Å². The number of anilines is 2. The molecule has 0 atom stereocenters. The van der Waals surface area contributed by atoms with Crippen LogP contribution < -0.4 is 10.6 Å². The summed E-state index contributed by atoms with van der Waals surface area (Å²) in [5.74, 6) is -0.629. The summed E-state index contributed by atoms with van der Waals surface area (Å²) in [6.07, 6.45) is -2.27. The van der Waals surface area contributed by atoms with E-state index >= 15 is 0 Å². The van der Waals surface area contributed by atoms with Gasteiger partial charge in [-0.3, -0.25) is 4.79 Å². The zero-order valence-corrected chi connectivity index (χ0v) is 14.8. The van der Waals surface area contributed by atoms with Crippen molar-refractivity contribution in [3.8, 4) is 0 Å². The van der Waals surface area contributed by atoms with Gasteiger partial charge in [-0.05, 0) is 6.07 Å². The van der Waals surface area contributed by atoms with E-state index in [2.05, 4.69) is 32.4 Å². The van der Waals surface area contributed by atoms with E-state index in [1.165, 1.54) is 11.3 Å². The van der Waals surface area contributed by atoms with Gasteiger partial charge in [-0.2, -0.15) is 13.2 Å². The van der Waals surface area contributed by atoms with Gasteiger partial charge in [0.1, 0.15) is 0 Å². The van der Waals surface area contributed by atoms with Crippen molar-refractivity contribution in [3.63, 3.8) is 0 Å². The first-order chi connectivity index (χ1) is 11.8. The van der Waals surface area contributed by atoms with Gasteiger partial charge in [-0.25, -0.2) is 4.98 Å². The highest BCUT2D eigenvalue weighted by Crippen LogP contribution is 2.32. The van der Waals surface area contributed by atoms with Crippen molar-refractivity contribution in [1.29, 1.82) is 0 Å². The molecule has 0 spiro atoms. The lowest BCUT2D eigenvalue weighted by Crippen LogP contribution is -2.16. The molecule has 134 valence electrons. The second kappa shape index (κ2) is 8.50. The maximum absolute atomic E-state index is 12.5. The fourth-order valence-corrected chi connectivity index (χ4v) is 3.25. The standard InChI is InChI=1S/C13H11ClF3N5OS2/c1-2-3-18-11-21-22-12(25-11)24-6-9(23)20-10-8(14)4-7(5-19-10)13(15,16)17/h2,4-5H,1,3,6H2,(H,18,21)(H,19,20,23). The van der Waals surface area contributed by atoms with E-state index < -0.39 is 17.6 Å². The number of rotatable bonds is 7. The smallest absolute Gasteiger partial charge is 0.357 e. The summed E-state index contributed by atoms with van der Waals surface area (Å²) in [7, 11) is 0. The number of pyridine rings is 1. The number of halogens is 4. The number of amides is 1. The average Bonchev–Trinajstić information content (AvgIpc) is 3.00. The molecule has 12 heteroatoms. The van der Waals surface area contributed by atoms with E-state index in [1.54, 1.807) is 6.08 Å². The second-order valence-corrected chi connectivity index (χ2v) is 7.04. The molecule has 2 heterocycles. The minimum Gasteiger partial charge on any atom is -0.357 e. The third-order valence-electron chi connectivity index (χ3n) is 2.56. The van der Waals surface area contributed by atoms with E-state index in [4.69, 9.17) is 11.6 Å². The fourth-order valence-electron chi connectivity index (χ4n) is 1.48. The summed E-state index contributed by atoms with van der Waals surface area (Å²) in [4.78, 5) is 15.4. The predicted octanol–water partition coefficient (Wildman–Crippen LogP) is 3.93. The molecule has 1 amide bonds. The van der Waals surface area contributed by atoms with Crippen LogP contribution in [0.25, 0.3) is 0 Å². The quantitative estimate of drug-likeness (QED) is 0.532. The second-order valence-electron chi connectivity index (χ2n) is 4.43. The number of hydrogen-bond acceptors (Lipinski definition) is 7. The highest BCUT2D eigenvalue weighted by Gasteiger charge is 2.31. The number of aromatic nitrogens is 3. The van der Waals surface area contributed by atoms with Gasteiger partial charge in [0.15, 0.2) is 10.2 Å². The first-order valence-corrected chi connectivity index (χ1v) is 8.81. The van der Waals surface area contributed by atoms with Gasteiger partial charge < -0.3 is 10.6 Å². The lowest BCUT2D eigenvalue weighted by atomic mass is 10.3. The molecule has 6 nitrogen and oxygen atoms in total. The molecule has 0 bridgehead atoms. The van der Waals surface area contributed by atoms with Gasteiger partial charge >= 0.3 is 6.18 Å². The Bertz CT molecular complexity index is 768. The summed E-state index contributed by atoms with van der Waals surface area (Å²) >= 11 is 8.12. The zero-order chi connectivity index (χ0) is 18.4. The van der Waals surface area contributed by atoms with E-state index in [-0.39, 0.29) is 16.6 Å². The molecule has 0 unspecified atom stereocenters. The fraction of sp³-hybridized carbons (Fsp3) is 0.231. The van der Waals surface area contributed by atoms with Gasteiger partial charge in [-0.15, -0.1) is 16.8 Å². The van der Waals surface area contributed by atoms with Crippen molar-refractivity contribution in [2.24, 2.45) is 0 Å². The van der Waals surface area contributed by atoms with Crippen LogP contribution in [-0.4, -0.2) is 33.4 Å². The zero-order valence-electron chi connectivity index (χ0n) is 12.4. The Morgan fingerprint density at radius 3 is 2.84 bits per heavy atom. The molecule has 0 radical (unpaired) electrons. The number of nitrogens with zero attached hydrogens (tertiary/aromatic N) is 3. The Hall–Kier alpha value is -1.85. The molecule has 0 aliphatic heterocycles. The number of hydrogen-bond donors (Lipinski definition) is 2. The van der Waals surface area contributed by atoms with Crippen LogP contribution in [0.3, 0.4) is 0 Å². The van der Waals surface area contributed by atoms with Gasteiger partial charge in [-0.1, -0.05) is 40.8 Å². The van der Waals surface area contributed by atoms with Crippen LogP contribution in [0.4, 0.5) is 24.1 Å². The Balaban J connectivity index is 1.90. The molecular formula is C13H11ClF3N5OS2. The number of alkyl halides is 3. The first kappa shape index (κ1) is 19.5. The minimum atomic E-state index is -4.55. The summed E-state index contributed by atoms with van der Waals surface area (Å²) < 4.78 is 38.2. The Kier molecular flexibility index (Phi) is 6.62. The topological polar surface area (TPSA) is 79.8 Å². The molecule has 0 saturated carbocycles. The van der Waals surface area contributed by atoms with Crippen molar-refractivity contribution in [2.75, 3.05) is 22.9 Å². The molecule has 0 fully saturated rings. The lowest BCUT2D eigenvalue weighted by molar-refractivity contribution is -0.137. The Labute approximate surface area is 153 Å². The largest absolute Gasteiger partial charge is 0.417 e. The van der Waals surface area contributed by atoms with Gasteiger partial charge in [0, 0.05) is 12.7 Å². The molecule has 0 aromatic carbocycles. The average molecular weight is 410 g/mol. The van der Waals surface area contributed by atoms with Crippen LogP contribution in [0, 0.1) is 0 Å². The molecule has 2 N–H and O–H groups in total. The van der Waals surface area contributed by atoms with Crippen LogP contribution >= 0.6 is 34.7 Å². The molecule has 2 aromatic rings. The Morgan fingerprint density at radius 1 is 1.44 bits per heavy atom. The van der Waals surface area contributed by atoms with E-state index in [0.717, 1.165) is 11.8 Å². The van der Waals surface area contributed by atoms with Gasteiger partial charge in [0.05, 0.1) is 16.3 Å². The van der Waals surface area contributed by atoms with Crippen molar-refractivity contribution < 1.29 is 18.0 Å². The van der Waals surface area contributed by atoms with E-state index in [9.17, 15) is 18.0 Å². The van der Waals surface area contributed by atoms with Crippen molar-refractivity contribution in [1.82, 2.24) is 15.2 Å². The lowest BCUT2D eigenvalue weighted by Gasteiger charge is -2.09. The normalized spacial score (nSPS) is 11.2. The van der Waals surface area contributed by atoms with Crippen molar-refractivity contribution in [2.45, 2.75) is 10.5 Å². The van der Waals surface area contributed by atoms with Crippen LogP contribution in [0.15, 0.2) is 29.3 Å². The predicted molar refractivity (Wildman–Crippen MR) is 92.2 cm³/mol. The third kappa shape index (κ3) is 5.87. The maximum atomic E-state index is 12.5. The minimum absolute atomic E-state index is 0.0187. The molecule has 0 aliphatic rings. The van der Waals surface area contributed by atoms with Crippen molar-refractivity contribution in [3.05, 3.63) is 35.5 Å². The summed E-state index contributed by atoms with van der Waals surface area (Å²) in [6, 6.07) is 0.708. The number of carbonyl (C=O) groups excluding carboxylic acids is 1. The first-order valence-electron chi connectivity index (χ1n) is 6.63. The molecule has 0 aliphatic carbocycles. The van der Waals surface area contributed by atoms with Gasteiger partial charge in [0.2, 0.25) is 11.0 Å². The molecule has 2 rings (SSSR count). The summed E-state index contributed by atoms with van der Waals surface area (Å²) in [6.45, 7) is 4.10. The molecule has 2 aromatic heterocycles. The summed E-state index contributed by atoms with van der Waals surface area (Å²) in [5, 5.41) is 13.4. The molecule has 0 saturated heterocycles. The molecule has 25 heavy (non-hydrogen) atoms. The number of nitrogens with one attached hydrogen (secondary N) is 2. The number of thioether (sulfide) groups is 1. The SMILES string of the molecule is C=CCNc1nnc(SCC(=O)Nc2ncc(C(F)(F)F)cc2Cl)s1. The highest BCUT2D eigenvalue weighted by molar-refractivity contribution is 8.01. The van der Waals surface area contributed by atoms with Crippen LogP contribution in [-0.2, 0) is 11.0 Å². The van der Waals surface area contributed by atoms with Crippen molar-refractivity contribution >= 4 is 51.6 Å². The third-order valence-corrected chi connectivity index (χ3v) is 4.86. The van der Waals surface area contributed by atoms with E-state index in [0.29, 0.717) is 28.3 Å². The Morgan fingerprint density at radius 2 is 2.20 bits per heavy atom. The van der Waals surface area contributed by atoms with Gasteiger partial charge in [0.25, 0.3) is 0 Å². The monoisotopic (exact) mass is 409 g/mol. The highest BCUT2D eigenvalue weighted by atomic mass is 35.5. The number of carbonyl (C=O) groups is 1. The summed E-state index contributed by atoms with van der Waals surface area (Å²) in [5.41, 5.74) is -0.988. The van der Waals surface area contributed by atoms with Crippen LogP contribution in [0.1, 0.15) is 5.56 Å². The van der Waals surface area contributed by atoms with Crippen LogP contribution in [0.2, 0.25) is 5.02 Å². The molecular weight excluding hydrogens is 399 g/mol.